The van der Waals surface area contributed by atoms with Crippen LogP contribution in [0.25, 0.3) is 0 Å². The molecule has 4 nitrogen and oxygen atoms in total. The van der Waals surface area contributed by atoms with Gasteiger partial charge in [0, 0.05) is 30.7 Å². The molecule has 2 amide bonds. The van der Waals surface area contributed by atoms with Crippen molar-refractivity contribution in [2.75, 3.05) is 11.9 Å². The van der Waals surface area contributed by atoms with E-state index in [1.165, 1.54) is 11.1 Å². The molecule has 3 aromatic rings. The number of carbonyl (C=O) groups excluding carboxylic acids is 1. The van der Waals surface area contributed by atoms with Gasteiger partial charge in [-0.25, -0.2) is 4.79 Å². The lowest BCUT2D eigenvalue weighted by Gasteiger charge is -2.37. The number of benzene rings is 2. The van der Waals surface area contributed by atoms with Crippen LogP contribution in [0.1, 0.15) is 54.8 Å². The number of fused-ring (bicyclic) bond motifs is 1. The van der Waals surface area contributed by atoms with Gasteiger partial charge in [-0.1, -0.05) is 62.7 Å². The van der Waals surface area contributed by atoms with Crippen LogP contribution in [-0.4, -0.2) is 22.0 Å². The van der Waals surface area contributed by atoms with Gasteiger partial charge in [-0.3, -0.25) is 0 Å². The molecule has 0 fully saturated rings. The number of hydrogen-bond donors (Lipinski definition) is 1. The minimum absolute atomic E-state index is 0.0562. The van der Waals surface area contributed by atoms with Crippen molar-refractivity contribution in [2.24, 2.45) is 0 Å². The number of rotatable bonds is 2. The van der Waals surface area contributed by atoms with E-state index < -0.39 is 0 Å². The predicted octanol–water partition coefficient (Wildman–Crippen LogP) is 6.04. The summed E-state index contributed by atoms with van der Waals surface area (Å²) in [5.74, 6) is 0. The van der Waals surface area contributed by atoms with Gasteiger partial charge in [0.15, 0.2) is 0 Å². The molecule has 2 aromatic carbocycles. The van der Waals surface area contributed by atoms with Crippen LogP contribution in [0.15, 0.2) is 60.8 Å². The van der Waals surface area contributed by atoms with Crippen molar-refractivity contribution in [3.05, 3.63) is 88.7 Å². The quantitative estimate of drug-likeness (QED) is 0.558. The Balaban J connectivity index is 1.67. The van der Waals surface area contributed by atoms with E-state index in [1.54, 1.807) is 0 Å². The fourth-order valence-corrected chi connectivity index (χ4v) is 4.26. The fraction of sp³-hybridized carbons (Fsp3) is 0.346. The molecular weight excluding hydrogens is 370 g/mol. The van der Waals surface area contributed by atoms with E-state index in [-0.39, 0.29) is 17.5 Å². The molecular formula is C26H31N3O. The summed E-state index contributed by atoms with van der Waals surface area (Å²) in [6, 6.07) is 18.9. The van der Waals surface area contributed by atoms with Crippen molar-refractivity contribution in [3.8, 4) is 0 Å². The summed E-state index contributed by atoms with van der Waals surface area (Å²) in [7, 11) is 0. The van der Waals surface area contributed by atoms with Crippen LogP contribution >= 0.6 is 0 Å². The zero-order valence-corrected chi connectivity index (χ0v) is 18.6. The normalized spacial score (nSPS) is 16.3. The Morgan fingerprint density at radius 1 is 1.00 bits per heavy atom. The molecule has 30 heavy (non-hydrogen) atoms. The highest BCUT2D eigenvalue weighted by atomic mass is 16.2. The standard InChI is InChI=1S/C26H31N3O/c1-18-8-13-22(19(2)17-18)27-25(30)29-16-15-28-14-6-7-23(28)24(29)20-9-11-21(12-10-20)26(3,4)5/h6-14,17,24H,15-16H2,1-5H3,(H,27,30). The molecule has 0 aliphatic carbocycles. The summed E-state index contributed by atoms with van der Waals surface area (Å²) in [6.45, 7) is 12.2. The number of hydrogen-bond acceptors (Lipinski definition) is 1. The molecule has 0 saturated heterocycles. The third kappa shape index (κ3) is 3.87. The van der Waals surface area contributed by atoms with Crippen molar-refractivity contribution >= 4 is 11.7 Å². The smallest absolute Gasteiger partial charge is 0.322 e. The van der Waals surface area contributed by atoms with Crippen molar-refractivity contribution in [3.63, 3.8) is 0 Å². The SMILES string of the molecule is Cc1ccc(NC(=O)N2CCn3cccc3C2c2ccc(C(C)(C)C)cc2)c(C)c1. The Morgan fingerprint density at radius 3 is 2.40 bits per heavy atom. The highest BCUT2D eigenvalue weighted by molar-refractivity contribution is 5.90. The van der Waals surface area contributed by atoms with Crippen LogP contribution in [-0.2, 0) is 12.0 Å². The van der Waals surface area contributed by atoms with Crippen LogP contribution in [0.4, 0.5) is 10.5 Å². The van der Waals surface area contributed by atoms with Gasteiger partial charge in [0.25, 0.3) is 0 Å². The predicted molar refractivity (Wildman–Crippen MR) is 123 cm³/mol. The molecule has 1 N–H and O–H groups in total. The summed E-state index contributed by atoms with van der Waals surface area (Å²) >= 11 is 0. The van der Waals surface area contributed by atoms with Crippen LogP contribution in [0.2, 0.25) is 0 Å². The van der Waals surface area contributed by atoms with Gasteiger partial charge in [-0.15, -0.1) is 0 Å². The van der Waals surface area contributed by atoms with E-state index in [0.717, 1.165) is 29.1 Å². The first kappa shape index (κ1) is 20.3. The molecule has 1 aromatic heterocycles. The lowest BCUT2D eigenvalue weighted by atomic mass is 9.86. The summed E-state index contributed by atoms with van der Waals surface area (Å²) in [6.07, 6.45) is 2.10. The lowest BCUT2D eigenvalue weighted by molar-refractivity contribution is 0.182. The summed E-state index contributed by atoms with van der Waals surface area (Å²) < 4.78 is 2.25. The van der Waals surface area contributed by atoms with Gasteiger partial charge in [-0.2, -0.15) is 0 Å². The minimum Gasteiger partial charge on any atom is -0.348 e. The maximum atomic E-state index is 13.4. The molecule has 1 aliphatic rings. The van der Waals surface area contributed by atoms with Crippen LogP contribution in [0.3, 0.4) is 0 Å². The second-order valence-corrected chi connectivity index (χ2v) is 9.34. The molecule has 4 rings (SSSR count). The summed E-state index contributed by atoms with van der Waals surface area (Å²) in [4.78, 5) is 15.3. The number of aryl methyl sites for hydroxylation is 2. The molecule has 1 atom stereocenters. The molecule has 1 aliphatic heterocycles. The van der Waals surface area contributed by atoms with E-state index in [1.807, 2.05) is 24.0 Å². The Hall–Kier alpha value is -3.01. The Bertz CT molecular complexity index is 1060. The average molecular weight is 402 g/mol. The fourth-order valence-electron chi connectivity index (χ4n) is 4.26. The van der Waals surface area contributed by atoms with Gasteiger partial charge >= 0.3 is 6.03 Å². The number of aromatic nitrogens is 1. The molecule has 4 heteroatoms. The minimum atomic E-state index is -0.103. The van der Waals surface area contributed by atoms with E-state index in [9.17, 15) is 4.79 Å². The lowest BCUT2D eigenvalue weighted by Crippen LogP contribution is -2.44. The zero-order valence-electron chi connectivity index (χ0n) is 18.6. The maximum absolute atomic E-state index is 13.4. The number of anilines is 1. The highest BCUT2D eigenvalue weighted by Crippen LogP contribution is 2.34. The van der Waals surface area contributed by atoms with Gasteiger partial charge in [0.2, 0.25) is 0 Å². The number of amides is 2. The van der Waals surface area contributed by atoms with Gasteiger partial charge < -0.3 is 14.8 Å². The average Bonchev–Trinajstić information content (AvgIpc) is 3.17. The third-order valence-corrected chi connectivity index (χ3v) is 6.02. The molecule has 0 radical (unpaired) electrons. The third-order valence-electron chi connectivity index (χ3n) is 6.02. The Morgan fingerprint density at radius 2 is 1.73 bits per heavy atom. The van der Waals surface area contributed by atoms with E-state index in [2.05, 4.69) is 86.2 Å². The molecule has 156 valence electrons. The van der Waals surface area contributed by atoms with E-state index in [4.69, 9.17) is 0 Å². The first-order chi connectivity index (χ1) is 14.2. The molecule has 2 heterocycles. The number of carbonyl (C=O) groups is 1. The summed E-state index contributed by atoms with van der Waals surface area (Å²) in [5, 5.41) is 3.14. The van der Waals surface area contributed by atoms with Crippen molar-refractivity contribution < 1.29 is 4.79 Å². The number of nitrogens with one attached hydrogen (secondary N) is 1. The van der Waals surface area contributed by atoms with Gasteiger partial charge in [0.05, 0.1) is 6.04 Å². The second-order valence-electron chi connectivity index (χ2n) is 9.34. The van der Waals surface area contributed by atoms with Crippen LogP contribution < -0.4 is 5.32 Å². The molecule has 0 bridgehead atoms. The number of nitrogens with zero attached hydrogens (tertiary/aromatic N) is 2. The van der Waals surface area contributed by atoms with Crippen molar-refractivity contribution in [1.82, 2.24) is 9.47 Å². The summed E-state index contributed by atoms with van der Waals surface area (Å²) in [5.41, 5.74) is 6.83. The monoisotopic (exact) mass is 401 g/mol. The van der Waals surface area contributed by atoms with Crippen molar-refractivity contribution in [2.45, 2.75) is 52.6 Å². The molecule has 1 unspecified atom stereocenters. The Labute approximate surface area is 179 Å². The largest absolute Gasteiger partial charge is 0.348 e. The first-order valence-corrected chi connectivity index (χ1v) is 10.6. The molecule has 0 spiro atoms. The van der Waals surface area contributed by atoms with Crippen molar-refractivity contribution in [1.29, 1.82) is 0 Å². The number of urea groups is 1. The second kappa shape index (κ2) is 7.67. The first-order valence-electron chi connectivity index (χ1n) is 10.6. The zero-order chi connectivity index (χ0) is 21.5. The van der Waals surface area contributed by atoms with Crippen LogP contribution in [0, 0.1) is 13.8 Å². The Kier molecular flexibility index (Phi) is 5.19. The van der Waals surface area contributed by atoms with E-state index in [0.29, 0.717) is 6.54 Å². The van der Waals surface area contributed by atoms with Gasteiger partial charge in [0.1, 0.15) is 0 Å². The maximum Gasteiger partial charge on any atom is 0.322 e. The topological polar surface area (TPSA) is 37.3 Å². The van der Waals surface area contributed by atoms with E-state index >= 15 is 0 Å². The highest BCUT2D eigenvalue weighted by Gasteiger charge is 2.32. The van der Waals surface area contributed by atoms with Crippen LogP contribution in [0.5, 0.6) is 0 Å². The van der Waals surface area contributed by atoms with Gasteiger partial charge in [-0.05, 0) is 54.2 Å². The molecule has 0 saturated carbocycles.